The van der Waals surface area contributed by atoms with E-state index in [9.17, 15) is 14.7 Å². The van der Waals surface area contributed by atoms with Crippen LogP contribution >= 0.6 is 0 Å². The number of carbonyl (C=O) groups is 2. The van der Waals surface area contributed by atoms with Gasteiger partial charge in [-0.15, -0.1) is 0 Å². The highest BCUT2D eigenvalue weighted by Crippen LogP contribution is 2.42. The Bertz CT molecular complexity index is 1030. The molecule has 33 heavy (non-hydrogen) atoms. The number of ketones is 1. The van der Waals surface area contributed by atoms with Crippen molar-refractivity contribution in [3.63, 3.8) is 0 Å². The van der Waals surface area contributed by atoms with Gasteiger partial charge in [0.15, 0.2) is 0 Å². The molecule has 1 atom stereocenters. The maximum Gasteiger partial charge on any atom is 0.295 e. The number of aliphatic hydroxyl groups is 1. The summed E-state index contributed by atoms with van der Waals surface area (Å²) in [6.45, 7) is 5.61. The molecule has 1 N–H and O–H groups in total. The normalized spacial score (nSPS) is 17.8. The third kappa shape index (κ3) is 5.37. The van der Waals surface area contributed by atoms with Crippen LogP contribution in [0.3, 0.4) is 0 Å². The van der Waals surface area contributed by atoms with Gasteiger partial charge in [0.2, 0.25) is 0 Å². The third-order valence-corrected chi connectivity index (χ3v) is 5.47. The highest BCUT2D eigenvalue weighted by molar-refractivity contribution is 6.46. The summed E-state index contributed by atoms with van der Waals surface area (Å²) in [5.41, 5.74) is 1.15. The van der Waals surface area contributed by atoms with Gasteiger partial charge in [0, 0.05) is 24.2 Å². The molecule has 0 unspecified atom stereocenters. The topological polar surface area (TPSA) is 79.3 Å². The number of likely N-dealkylation sites (N-methyl/N-ethyl adjacent to an activating group) is 1. The molecule has 0 spiro atoms. The zero-order valence-corrected chi connectivity index (χ0v) is 19.9. The number of para-hydroxylation sites is 1. The van der Waals surface area contributed by atoms with Crippen molar-refractivity contribution in [2.45, 2.75) is 19.9 Å². The third-order valence-electron chi connectivity index (χ3n) is 5.47. The van der Waals surface area contributed by atoms with Crippen LogP contribution in [0.1, 0.15) is 31.0 Å². The summed E-state index contributed by atoms with van der Waals surface area (Å²) in [6, 6.07) is 13.4. The molecular formula is C26H32N2O5. The summed E-state index contributed by atoms with van der Waals surface area (Å²) < 4.78 is 11.2. The van der Waals surface area contributed by atoms with Crippen LogP contribution in [0, 0.1) is 5.92 Å². The molecule has 3 rings (SSSR count). The Labute approximate surface area is 195 Å². The van der Waals surface area contributed by atoms with Gasteiger partial charge < -0.3 is 24.4 Å². The lowest BCUT2D eigenvalue weighted by Gasteiger charge is -2.27. The largest absolute Gasteiger partial charge is 0.507 e. The van der Waals surface area contributed by atoms with Crippen molar-refractivity contribution in [2.75, 3.05) is 40.9 Å². The SMILES string of the molecule is COc1ccccc1[C@H]1C(=C(O)c2ccc(OCC(C)C)cc2)C(=O)C(=O)N1CCN(C)C. The number of methoxy groups -OCH3 is 1. The first kappa shape index (κ1) is 24.3. The molecule has 0 radical (unpaired) electrons. The number of nitrogens with zero attached hydrogens (tertiary/aromatic N) is 2. The number of carbonyl (C=O) groups excluding carboxylic acids is 2. The molecule has 2 aromatic rings. The minimum Gasteiger partial charge on any atom is -0.507 e. The maximum absolute atomic E-state index is 13.1. The molecule has 0 bridgehead atoms. The van der Waals surface area contributed by atoms with Crippen LogP contribution in [0.25, 0.3) is 5.76 Å². The number of aliphatic hydroxyl groups excluding tert-OH is 1. The first-order valence-corrected chi connectivity index (χ1v) is 11.0. The molecule has 0 aromatic heterocycles. The molecule has 7 heteroatoms. The van der Waals surface area contributed by atoms with Gasteiger partial charge in [-0.2, -0.15) is 0 Å². The standard InChI is InChI=1S/C26H32N2O5/c1-17(2)16-33-19-12-10-18(11-13-19)24(29)22-23(20-8-6-7-9-21(20)32-5)28(15-14-27(3)4)26(31)25(22)30/h6-13,17,23,29H,14-16H2,1-5H3/t23-/m0/s1. The van der Waals surface area contributed by atoms with Crippen LogP contribution in [-0.4, -0.2) is 67.5 Å². The number of ether oxygens (including phenoxy) is 2. The van der Waals surface area contributed by atoms with Gasteiger partial charge in [0.1, 0.15) is 17.3 Å². The second kappa shape index (κ2) is 10.5. The van der Waals surface area contributed by atoms with E-state index in [0.29, 0.717) is 48.2 Å². The van der Waals surface area contributed by atoms with E-state index in [1.807, 2.05) is 37.2 Å². The molecule has 0 aliphatic carbocycles. The summed E-state index contributed by atoms with van der Waals surface area (Å²) in [6.07, 6.45) is 0. The number of hydrogen-bond donors (Lipinski definition) is 1. The smallest absolute Gasteiger partial charge is 0.295 e. The summed E-state index contributed by atoms with van der Waals surface area (Å²) in [4.78, 5) is 29.6. The Morgan fingerprint density at radius 2 is 1.76 bits per heavy atom. The van der Waals surface area contributed by atoms with Gasteiger partial charge in [0.25, 0.3) is 11.7 Å². The summed E-state index contributed by atoms with van der Waals surface area (Å²) >= 11 is 0. The fourth-order valence-electron chi connectivity index (χ4n) is 3.76. The van der Waals surface area contributed by atoms with Crippen LogP contribution < -0.4 is 9.47 Å². The van der Waals surface area contributed by atoms with E-state index >= 15 is 0 Å². The van der Waals surface area contributed by atoms with Crippen molar-refractivity contribution in [1.82, 2.24) is 9.80 Å². The van der Waals surface area contributed by atoms with E-state index in [2.05, 4.69) is 13.8 Å². The molecule has 1 saturated heterocycles. The number of rotatable bonds is 9. The Morgan fingerprint density at radius 3 is 2.36 bits per heavy atom. The molecule has 176 valence electrons. The fourth-order valence-corrected chi connectivity index (χ4v) is 3.76. The molecule has 1 aliphatic heterocycles. The van der Waals surface area contributed by atoms with Crippen LogP contribution in [0.15, 0.2) is 54.1 Å². The first-order valence-electron chi connectivity index (χ1n) is 11.0. The number of benzene rings is 2. The lowest BCUT2D eigenvalue weighted by Crippen LogP contribution is -2.35. The van der Waals surface area contributed by atoms with Gasteiger partial charge in [-0.1, -0.05) is 32.0 Å². The number of Topliss-reactive ketones (excluding diaryl/α,β-unsaturated/α-hetero) is 1. The number of hydrogen-bond acceptors (Lipinski definition) is 6. The van der Waals surface area contributed by atoms with E-state index < -0.39 is 17.7 Å². The van der Waals surface area contributed by atoms with Crippen LogP contribution in [0.4, 0.5) is 0 Å². The monoisotopic (exact) mass is 452 g/mol. The van der Waals surface area contributed by atoms with E-state index in [0.717, 1.165) is 0 Å². The Hall–Kier alpha value is -3.32. The van der Waals surface area contributed by atoms with Crippen LogP contribution in [0.5, 0.6) is 11.5 Å². The highest BCUT2D eigenvalue weighted by atomic mass is 16.5. The molecule has 1 heterocycles. The van der Waals surface area contributed by atoms with Gasteiger partial charge in [0.05, 0.1) is 25.3 Å². The van der Waals surface area contributed by atoms with Crippen molar-refractivity contribution < 1.29 is 24.2 Å². The van der Waals surface area contributed by atoms with Crippen LogP contribution in [0.2, 0.25) is 0 Å². The molecule has 0 saturated carbocycles. The molecule has 7 nitrogen and oxygen atoms in total. The minimum absolute atomic E-state index is 0.0547. The predicted octanol–water partition coefficient (Wildman–Crippen LogP) is 3.71. The fraction of sp³-hybridized carbons (Fsp3) is 0.385. The molecule has 1 aliphatic rings. The Morgan fingerprint density at radius 1 is 1.09 bits per heavy atom. The van der Waals surface area contributed by atoms with Gasteiger partial charge >= 0.3 is 0 Å². The quantitative estimate of drug-likeness (QED) is 0.355. The molecule has 2 aromatic carbocycles. The van der Waals surface area contributed by atoms with Crippen molar-refractivity contribution in [3.8, 4) is 11.5 Å². The van der Waals surface area contributed by atoms with Gasteiger partial charge in [-0.25, -0.2) is 0 Å². The Kier molecular flexibility index (Phi) is 7.76. The second-order valence-electron chi connectivity index (χ2n) is 8.77. The average molecular weight is 453 g/mol. The molecule has 1 fully saturated rings. The minimum atomic E-state index is -0.752. The van der Waals surface area contributed by atoms with Crippen molar-refractivity contribution in [1.29, 1.82) is 0 Å². The lowest BCUT2D eigenvalue weighted by atomic mass is 9.94. The summed E-state index contributed by atoms with van der Waals surface area (Å²) in [7, 11) is 5.34. The van der Waals surface area contributed by atoms with Crippen molar-refractivity contribution in [3.05, 3.63) is 65.2 Å². The molecule has 1 amide bonds. The zero-order chi connectivity index (χ0) is 24.1. The highest BCUT2D eigenvalue weighted by Gasteiger charge is 2.46. The molecular weight excluding hydrogens is 420 g/mol. The van der Waals surface area contributed by atoms with E-state index in [-0.39, 0.29) is 11.3 Å². The van der Waals surface area contributed by atoms with Gasteiger partial charge in [-0.05, 0) is 50.3 Å². The average Bonchev–Trinajstić information content (AvgIpc) is 3.05. The summed E-state index contributed by atoms with van der Waals surface area (Å²) in [5.74, 6) is 0.0492. The van der Waals surface area contributed by atoms with E-state index in [4.69, 9.17) is 9.47 Å². The first-order chi connectivity index (χ1) is 15.7. The van der Waals surface area contributed by atoms with E-state index in [1.165, 1.54) is 4.90 Å². The Balaban J connectivity index is 2.07. The van der Waals surface area contributed by atoms with E-state index in [1.54, 1.807) is 37.4 Å². The van der Waals surface area contributed by atoms with Gasteiger partial charge in [-0.3, -0.25) is 9.59 Å². The maximum atomic E-state index is 13.1. The summed E-state index contributed by atoms with van der Waals surface area (Å²) in [5, 5.41) is 11.2. The predicted molar refractivity (Wildman–Crippen MR) is 127 cm³/mol. The number of likely N-dealkylation sites (tertiary alicyclic amines) is 1. The lowest BCUT2D eigenvalue weighted by molar-refractivity contribution is -0.140. The van der Waals surface area contributed by atoms with Crippen molar-refractivity contribution in [2.24, 2.45) is 5.92 Å². The number of amides is 1. The zero-order valence-electron chi connectivity index (χ0n) is 19.9. The van der Waals surface area contributed by atoms with Crippen molar-refractivity contribution >= 4 is 17.4 Å². The van der Waals surface area contributed by atoms with Crippen LogP contribution in [-0.2, 0) is 9.59 Å². The second-order valence-corrected chi connectivity index (χ2v) is 8.77.